The normalized spacial score (nSPS) is 12.3. The number of hydrogen-bond acceptors (Lipinski definition) is 1. The molecule has 0 saturated heterocycles. The summed E-state index contributed by atoms with van der Waals surface area (Å²) in [7, 11) is 0. The Labute approximate surface area is 146 Å². The molecule has 118 valence electrons. The van der Waals surface area contributed by atoms with E-state index in [0.717, 1.165) is 44.2 Å². The molecule has 0 spiro atoms. The lowest BCUT2D eigenvalue weighted by atomic mass is 9.79. The second kappa shape index (κ2) is 5.15. The van der Waals surface area contributed by atoms with Crippen molar-refractivity contribution in [3.63, 3.8) is 0 Å². The minimum Gasteiger partial charge on any atom is -0.289 e. The van der Waals surface area contributed by atoms with Gasteiger partial charge in [0, 0.05) is 16.5 Å². The summed E-state index contributed by atoms with van der Waals surface area (Å²) in [5.74, 6) is 0.121. The van der Waals surface area contributed by atoms with Gasteiger partial charge in [0.15, 0.2) is 5.78 Å². The van der Waals surface area contributed by atoms with Crippen LogP contribution < -0.4 is 0 Å². The van der Waals surface area contributed by atoms with Crippen LogP contribution in [0.25, 0.3) is 33.0 Å². The summed E-state index contributed by atoms with van der Waals surface area (Å²) in [4.78, 5) is 13.4. The Hall–Kier alpha value is -3.19. The average molecular weight is 320 g/mol. The van der Waals surface area contributed by atoms with E-state index in [1.807, 2.05) is 24.3 Å². The van der Waals surface area contributed by atoms with Gasteiger partial charge in [0.2, 0.25) is 0 Å². The number of carbonyl (C=O) groups is 1. The van der Waals surface area contributed by atoms with Crippen LogP contribution in [0.4, 0.5) is 0 Å². The van der Waals surface area contributed by atoms with E-state index in [-0.39, 0.29) is 5.78 Å². The van der Waals surface area contributed by atoms with E-state index >= 15 is 0 Å². The van der Waals surface area contributed by atoms with Crippen LogP contribution >= 0.6 is 0 Å². The highest BCUT2D eigenvalue weighted by atomic mass is 16.1. The van der Waals surface area contributed by atoms with Crippen LogP contribution in [0.5, 0.6) is 0 Å². The fourth-order valence-corrected chi connectivity index (χ4v) is 3.86. The first kappa shape index (κ1) is 14.2. The van der Waals surface area contributed by atoms with E-state index in [0.29, 0.717) is 0 Å². The molecule has 0 heterocycles. The molecule has 1 heteroatoms. The number of carbonyl (C=O) groups excluding carboxylic acids is 1. The number of aryl methyl sites for hydroxylation is 1. The van der Waals surface area contributed by atoms with Crippen molar-refractivity contribution in [2.75, 3.05) is 0 Å². The monoisotopic (exact) mass is 320 g/mol. The molecule has 0 aromatic heterocycles. The van der Waals surface area contributed by atoms with Crippen LogP contribution in [0.1, 0.15) is 21.5 Å². The van der Waals surface area contributed by atoms with Gasteiger partial charge in [0.25, 0.3) is 0 Å². The molecule has 0 fully saturated rings. The highest BCUT2D eigenvalue weighted by molar-refractivity contribution is 6.28. The van der Waals surface area contributed by atoms with Crippen molar-refractivity contribution in [3.05, 3.63) is 95.6 Å². The maximum Gasteiger partial charge on any atom is 0.194 e. The minimum atomic E-state index is 0.121. The summed E-state index contributed by atoms with van der Waals surface area (Å²) in [5.41, 5.74) is 7.13. The lowest BCUT2D eigenvalue weighted by molar-refractivity contribution is 0.104. The standard InChI is InChI=1S/C24H16O/c1-15-9-11-16(12-10-15)18-14-13-17-5-4-8-20-19-6-2-3-7-21(19)24(25)23(18)22(17)20/h2-14H,1H3. The van der Waals surface area contributed by atoms with Gasteiger partial charge >= 0.3 is 0 Å². The van der Waals surface area contributed by atoms with Gasteiger partial charge in [-0.25, -0.2) is 0 Å². The molecule has 0 bridgehead atoms. The molecule has 4 aromatic rings. The zero-order chi connectivity index (χ0) is 17.0. The van der Waals surface area contributed by atoms with E-state index in [2.05, 4.69) is 61.5 Å². The fraction of sp³-hybridized carbons (Fsp3) is 0.0417. The van der Waals surface area contributed by atoms with Gasteiger partial charge < -0.3 is 0 Å². The Balaban J connectivity index is 1.93. The van der Waals surface area contributed by atoms with Crippen molar-refractivity contribution < 1.29 is 4.79 Å². The molecule has 25 heavy (non-hydrogen) atoms. The first-order valence-electron chi connectivity index (χ1n) is 8.51. The zero-order valence-corrected chi connectivity index (χ0v) is 13.9. The predicted molar refractivity (Wildman–Crippen MR) is 103 cm³/mol. The van der Waals surface area contributed by atoms with Crippen molar-refractivity contribution >= 4 is 16.6 Å². The molecule has 0 saturated carbocycles. The van der Waals surface area contributed by atoms with Crippen LogP contribution in [-0.4, -0.2) is 5.78 Å². The second-order valence-corrected chi connectivity index (χ2v) is 6.63. The molecular weight excluding hydrogens is 304 g/mol. The number of fused-ring (bicyclic) bond motifs is 2. The molecule has 0 atom stereocenters. The zero-order valence-electron chi connectivity index (χ0n) is 13.9. The summed E-state index contributed by atoms with van der Waals surface area (Å²) in [6.45, 7) is 2.08. The molecule has 1 nitrogen and oxygen atoms in total. The molecule has 1 aliphatic carbocycles. The van der Waals surface area contributed by atoms with E-state index < -0.39 is 0 Å². The van der Waals surface area contributed by atoms with Gasteiger partial charge in [-0.05, 0) is 34.6 Å². The van der Waals surface area contributed by atoms with Crippen LogP contribution in [-0.2, 0) is 0 Å². The smallest absolute Gasteiger partial charge is 0.194 e. The van der Waals surface area contributed by atoms with Crippen molar-refractivity contribution in [2.24, 2.45) is 0 Å². The summed E-state index contributed by atoms with van der Waals surface area (Å²) in [5, 5.41) is 2.19. The topological polar surface area (TPSA) is 17.1 Å². The third-order valence-electron chi connectivity index (χ3n) is 5.10. The fourth-order valence-electron chi connectivity index (χ4n) is 3.86. The molecule has 5 rings (SSSR count). The molecule has 0 amide bonds. The number of rotatable bonds is 1. The summed E-state index contributed by atoms with van der Waals surface area (Å²) >= 11 is 0. The highest BCUT2D eigenvalue weighted by Gasteiger charge is 2.27. The quantitative estimate of drug-likeness (QED) is 0.369. The van der Waals surface area contributed by atoms with E-state index in [1.165, 1.54) is 5.56 Å². The SMILES string of the molecule is Cc1ccc(-c2ccc3cccc4c3c2C(=O)c2ccccc2-4)cc1. The van der Waals surface area contributed by atoms with Crippen LogP contribution in [0.3, 0.4) is 0 Å². The number of ketones is 1. The lowest BCUT2D eigenvalue weighted by Crippen LogP contribution is -2.11. The second-order valence-electron chi connectivity index (χ2n) is 6.63. The molecule has 0 unspecified atom stereocenters. The number of hydrogen-bond donors (Lipinski definition) is 0. The Morgan fingerprint density at radius 3 is 2.12 bits per heavy atom. The Kier molecular flexibility index (Phi) is 2.92. The average Bonchev–Trinajstić information content (AvgIpc) is 2.66. The van der Waals surface area contributed by atoms with E-state index in [4.69, 9.17) is 0 Å². The summed E-state index contributed by atoms with van der Waals surface area (Å²) in [6.07, 6.45) is 0. The van der Waals surface area contributed by atoms with Crippen molar-refractivity contribution in [3.8, 4) is 22.3 Å². The first-order valence-corrected chi connectivity index (χ1v) is 8.51. The first-order chi connectivity index (χ1) is 12.2. The van der Waals surface area contributed by atoms with Gasteiger partial charge in [0.1, 0.15) is 0 Å². The maximum absolute atomic E-state index is 13.4. The number of benzene rings is 4. The molecular formula is C24H16O. The third-order valence-corrected chi connectivity index (χ3v) is 5.10. The maximum atomic E-state index is 13.4. The Bertz CT molecular complexity index is 1150. The minimum absolute atomic E-state index is 0.121. The highest BCUT2D eigenvalue weighted by Crippen LogP contribution is 2.43. The van der Waals surface area contributed by atoms with Gasteiger partial charge in [0.05, 0.1) is 0 Å². The van der Waals surface area contributed by atoms with Gasteiger partial charge in [-0.3, -0.25) is 4.79 Å². The van der Waals surface area contributed by atoms with Gasteiger partial charge in [-0.1, -0.05) is 84.4 Å². The van der Waals surface area contributed by atoms with Crippen LogP contribution in [0.2, 0.25) is 0 Å². The van der Waals surface area contributed by atoms with E-state index in [1.54, 1.807) is 0 Å². The Morgan fingerprint density at radius 1 is 0.600 bits per heavy atom. The molecule has 4 aromatic carbocycles. The van der Waals surface area contributed by atoms with Crippen molar-refractivity contribution in [2.45, 2.75) is 6.92 Å². The van der Waals surface area contributed by atoms with Crippen molar-refractivity contribution in [1.29, 1.82) is 0 Å². The van der Waals surface area contributed by atoms with Crippen molar-refractivity contribution in [1.82, 2.24) is 0 Å². The summed E-state index contributed by atoms with van der Waals surface area (Å²) in [6, 6.07) is 26.8. The summed E-state index contributed by atoms with van der Waals surface area (Å²) < 4.78 is 0. The van der Waals surface area contributed by atoms with Crippen LogP contribution in [0.15, 0.2) is 78.9 Å². The molecule has 0 N–H and O–H groups in total. The molecule has 0 radical (unpaired) electrons. The van der Waals surface area contributed by atoms with Gasteiger partial charge in [-0.2, -0.15) is 0 Å². The van der Waals surface area contributed by atoms with Gasteiger partial charge in [-0.15, -0.1) is 0 Å². The van der Waals surface area contributed by atoms with Crippen LogP contribution in [0, 0.1) is 6.92 Å². The third kappa shape index (κ3) is 1.99. The Morgan fingerprint density at radius 2 is 1.32 bits per heavy atom. The largest absolute Gasteiger partial charge is 0.289 e. The van der Waals surface area contributed by atoms with E-state index in [9.17, 15) is 4.79 Å². The predicted octanol–water partition coefficient (Wildman–Crippen LogP) is 6.03. The lowest BCUT2D eigenvalue weighted by Gasteiger charge is -2.22. The molecule has 1 aliphatic rings. The molecule has 0 aliphatic heterocycles.